The molecule has 0 amide bonds. The number of aromatic nitrogens is 3. The van der Waals surface area contributed by atoms with Crippen molar-refractivity contribution in [3.05, 3.63) is 111 Å². The minimum absolute atomic E-state index is 0.162. The van der Waals surface area contributed by atoms with E-state index >= 15 is 0 Å². The van der Waals surface area contributed by atoms with Crippen molar-refractivity contribution in [1.29, 1.82) is 0 Å². The molecule has 5 aromatic rings. The standard InChI is InChI=1S/C25H17ClFN3O2/c26-17-8-6-16(7-9-17)23-21(12-15-4-2-1-3-5-15)29-30-24(23)28-14-20(25(30)32)19-11-10-18(27)13-22(19)31/h1-11,13-14,29,31H,12H2. The number of aromatic amines is 1. The molecular weight excluding hydrogens is 429 g/mol. The zero-order valence-electron chi connectivity index (χ0n) is 16.7. The highest BCUT2D eigenvalue weighted by molar-refractivity contribution is 6.30. The van der Waals surface area contributed by atoms with Crippen molar-refractivity contribution >= 4 is 17.2 Å². The highest BCUT2D eigenvalue weighted by Gasteiger charge is 2.19. The SMILES string of the molecule is O=c1c(-c2ccc(F)cc2O)cnc2c(-c3ccc(Cl)cc3)c(Cc3ccccc3)[nH]n12. The molecule has 0 aliphatic rings. The Morgan fingerprint density at radius 2 is 1.75 bits per heavy atom. The maximum absolute atomic E-state index is 13.4. The highest BCUT2D eigenvalue weighted by Crippen LogP contribution is 2.31. The molecule has 0 aliphatic heterocycles. The first kappa shape index (κ1) is 20.0. The Kier molecular flexibility index (Phi) is 4.99. The Morgan fingerprint density at radius 3 is 2.47 bits per heavy atom. The van der Waals surface area contributed by atoms with Gasteiger partial charge in [-0.15, -0.1) is 0 Å². The van der Waals surface area contributed by atoms with Gasteiger partial charge in [0.05, 0.1) is 5.56 Å². The van der Waals surface area contributed by atoms with Gasteiger partial charge in [0.25, 0.3) is 5.56 Å². The van der Waals surface area contributed by atoms with Gasteiger partial charge in [-0.1, -0.05) is 54.1 Å². The highest BCUT2D eigenvalue weighted by atomic mass is 35.5. The van der Waals surface area contributed by atoms with Gasteiger partial charge in [0, 0.05) is 40.5 Å². The summed E-state index contributed by atoms with van der Waals surface area (Å²) in [6, 6.07) is 20.7. The summed E-state index contributed by atoms with van der Waals surface area (Å²) in [6.45, 7) is 0. The Morgan fingerprint density at radius 1 is 1.00 bits per heavy atom. The Hall–Kier alpha value is -3.90. The molecule has 0 fully saturated rings. The maximum Gasteiger partial charge on any atom is 0.280 e. The number of halogens is 2. The van der Waals surface area contributed by atoms with Gasteiger partial charge >= 0.3 is 0 Å². The second-order valence-electron chi connectivity index (χ2n) is 7.43. The Balaban J connectivity index is 1.74. The van der Waals surface area contributed by atoms with Gasteiger partial charge < -0.3 is 5.11 Å². The van der Waals surface area contributed by atoms with E-state index in [0.717, 1.165) is 28.5 Å². The summed E-state index contributed by atoms with van der Waals surface area (Å²) in [5.41, 5.74) is 3.96. The summed E-state index contributed by atoms with van der Waals surface area (Å²) in [5, 5.41) is 14.0. The molecule has 3 aromatic carbocycles. The molecule has 0 saturated carbocycles. The second-order valence-corrected chi connectivity index (χ2v) is 7.87. The topological polar surface area (TPSA) is 70.4 Å². The minimum atomic E-state index is -0.588. The molecule has 0 saturated heterocycles. The van der Waals surface area contributed by atoms with E-state index in [0.29, 0.717) is 17.1 Å². The Labute approximate surface area is 187 Å². The fourth-order valence-electron chi connectivity index (χ4n) is 3.83. The van der Waals surface area contributed by atoms with E-state index in [9.17, 15) is 14.3 Å². The van der Waals surface area contributed by atoms with Gasteiger partial charge in [-0.05, 0) is 35.4 Å². The molecule has 2 aromatic heterocycles. The molecule has 32 heavy (non-hydrogen) atoms. The molecule has 5 rings (SSSR count). The third kappa shape index (κ3) is 3.55. The van der Waals surface area contributed by atoms with Crippen LogP contribution in [0, 0.1) is 5.82 Å². The predicted molar refractivity (Wildman–Crippen MR) is 123 cm³/mol. The second kappa shape index (κ2) is 7.98. The number of aromatic hydroxyl groups is 1. The lowest BCUT2D eigenvalue weighted by molar-refractivity contribution is 0.471. The number of phenols is 1. The average Bonchev–Trinajstić information content (AvgIpc) is 3.15. The number of rotatable bonds is 4. The number of hydrogen-bond donors (Lipinski definition) is 2. The van der Waals surface area contributed by atoms with Crippen LogP contribution < -0.4 is 5.56 Å². The number of phenolic OH excluding ortho intramolecular Hbond substituents is 1. The predicted octanol–water partition coefficient (Wildman–Crippen LogP) is 5.45. The third-order valence-corrected chi connectivity index (χ3v) is 5.59. The largest absolute Gasteiger partial charge is 0.507 e. The van der Waals surface area contributed by atoms with Crippen LogP contribution in [0.3, 0.4) is 0 Å². The van der Waals surface area contributed by atoms with Crippen LogP contribution in [0.4, 0.5) is 4.39 Å². The van der Waals surface area contributed by atoms with Crippen molar-refractivity contribution in [3.63, 3.8) is 0 Å². The summed E-state index contributed by atoms with van der Waals surface area (Å²) in [6.07, 6.45) is 1.96. The van der Waals surface area contributed by atoms with Crippen molar-refractivity contribution in [1.82, 2.24) is 14.6 Å². The van der Waals surface area contributed by atoms with Crippen molar-refractivity contribution in [2.45, 2.75) is 6.42 Å². The van der Waals surface area contributed by atoms with Crippen LogP contribution in [0.15, 0.2) is 83.8 Å². The fraction of sp³-hybridized carbons (Fsp3) is 0.0400. The quantitative estimate of drug-likeness (QED) is 0.386. The summed E-state index contributed by atoms with van der Waals surface area (Å²) in [7, 11) is 0. The van der Waals surface area contributed by atoms with Crippen molar-refractivity contribution in [3.8, 4) is 28.0 Å². The van der Waals surface area contributed by atoms with Crippen LogP contribution >= 0.6 is 11.6 Å². The van der Waals surface area contributed by atoms with E-state index in [-0.39, 0.29) is 16.9 Å². The number of nitrogens with zero attached hydrogens (tertiary/aromatic N) is 2. The lowest BCUT2D eigenvalue weighted by Crippen LogP contribution is -2.17. The zero-order chi connectivity index (χ0) is 22.2. The molecule has 158 valence electrons. The molecule has 0 spiro atoms. The third-order valence-electron chi connectivity index (χ3n) is 5.34. The lowest BCUT2D eigenvalue weighted by Gasteiger charge is -2.06. The van der Waals surface area contributed by atoms with Gasteiger partial charge in [-0.25, -0.2) is 13.9 Å². The molecule has 2 N–H and O–H groups in total. The summed E-state index contributed by atoms with van der Waals surface area (Å²) < 4.78 is 14.8. The first-order valence-corrected chi connectivity index (χ1v) is 10.3. The number of hydrogen-bond acceptors (Lipinski definition) is 3. The monoisotopic (exact) mass is 445 g/mol. The molecule has 7 heteroatoms. The van der Waals surface area contributed by atoms with Crippen LogP contribution in [0.1, 0.15) is 11.3 Å². The van der Waals surface area contributed by atoms with E-state index < -0.39 is 11.4 Å². The van der Waals surface area contributed by atoms with Crippen molar-refractivity contribution < 1.29 is 9.50 Å². The smallest absolute Gasteiger partial charge is 0.280 e. The van der Waals surface area contributed by atoms with Crippen molar-refractivity contribution in [2.75, 3.05) is 0 Å². The van der Waals surface area contributed by atoms with E-state index in [1.54, 1.807) is 12.1 Å². The maximum atomic E-state index is 13.4. The van der Waals surface area contributed by atoms with E-state index in [2.05, 4.69) is 10.1 Å². The molecular formula is C25H17ClFN3O2. The lowest BCUT2D eigenvalue weighted by atomic mass is 10.0. The number of benzene rings is 3. The summed E-state index contributed by atoms with van der Waals surface area (Å²) in [4.78, 5) is 17.9. The van der Waals surface area contributed by atoms with E-state index in [1.165, 1.54) is 22.8 Å². The van der Waals surface area contributed by atoms with Crippen LogP contribution in [-0.4, -0.2) is 19.7 Å². The summed E-state index contributed by atoms with van der Waals surface area (Å²) in [5.74, 6) is -0.909. The van der Waals surface area contributed by atoms with Gasteiger partial charge in [0.1, 0.15) is 11.6 Å². The normalized spacial score (nSPS) is 11.2. The molecule has 5 nitrogen and oxygen atoms in total. The van der Waals surface area contributed by atoms with Crippen molar-refractivity contribution in [2.24, 2.45) is 0 Å². The zero-order valence-corrected chi connectivity index (χ0v) is 17.5. The van der Waals surface area contributed by atoms with E-state index in [1.807, 2.05) is 42.5 Å². The average molecular weight is 446 g/mol. The van der Waals surface area contributed by atoms with E-state index in [4.69, 9.17) is 11.6 Å². The first-order chi connectivity index (χ1) is 15.5. The molecule has 2 heterocycles. The van der Waals surface area contributed by atoms with Gasteiger partial charge in [0.2, 0.25) is 0 Å². The van der Waals surface area contributed by atoms with Crippen LogP contribution in [-0.2, 0) is 6.42 Å². The van der Waals surface area contributed by atoms with Gasteiger partial charge in [-0.3, -0.25) is 9.89 Å². The van der Waals surface area contributed by atoms with Gasteiger partial charge in [0.15, 0.2) is 5.65 Å². The first-order valence-electron chi connectivity index (χ1n) is 9.92. The van der Waals surface area contributed by atoms with Crippen LogP contribution in [0.2, 0.25) is 5.02 Å². The molecule has 0 atom stereocenters. The van der Waals surface area contributed by atoms with Crippen LogP contribution in [0.5, 0.6) is 5.75 Å². The number of nitrogens with one attached hydrogen (secondary N) is 1. The van der Waals surface area contributed by atoms with Gasteiger partial charge in [-0.2, -0.15) is 0 Å². The molecule has 0 bridgehead atoms. The Bertz CT molecular complexity index is 1490. The number of fused-ring (bicyclic) bond motifs is 1. The number of H-pyrrole nitrogens is 1. The molecule has 0 unspecified atom stereocenters. The van der Waals surface area contributed by atoms with Crippen LogP contribution in [0.25, 0.3) is 27.9 Å². The molecule has 0 radical (unpaired) electrons. The minimum Gasteiger partial charge on any atom is -0.507 e. The molecule has 0 aliphatic carbocycles. The summed E-state index contributed by atoms with van der Waals surface area (Å²) >= 11 is 6.07. The fourth-order valence-corrected chi connectivity index (χ4v) is 3.95.